The number of carboxylic acid groups (broad SMARTS) is 9. The number of urea groups is 1. The maximum Gasteiger partial charge on any atom is 0.330 e. The van der Waals surface area contributed by atoms with Gasteiger partial charge in [0.2, 0.25) is 41.4 Å². The van der Waals surface area contributed by atoms with Gasteiger partial charge in [-0.3, -0.25) is 77.1 Å². The average molecular weight is 1560 g/mol. The summed E-state index contributed by atoms with van der Waals surface area (Å²) in [6.45, 7) is -1.80. The van der Waals surface area contributed by atoms with Crippen LogP contribution in [0.5, 0.6) is 5.75 Å². The Morgan fingerprint density at radius 1 is 0.387 bits per heavy atom. The summed E-state index contributed by atoms with van der Waals surface area (Å²) in [4.78, 5) is 219. The van der Waals surface area contributed by atoms with Crippen molar-refractivity contribution in [3.8, 4) is 5.75 Å². The third-order valence-corrected chi connectivity index (χ3v) is 17.4. The Labute approximate surface area is 635 Å². The number of unbranched alkanes of at least 4 members (excludes halogenated alkanes) is 2. The van der Waals surface area contributed by atoms with Crippen molar-refractivity contribution in [3.05, 3.63) is 90.0 Å². The second-order valence-electron chi connectivity index (χ2n) is 26.1. The molecule has 111 heavy (non-hydrogen) atoms. The van der Waals surface area contributed by atoms with E-state index < -0.39 is 202 Å². The summed E-state index contributed by atoms with van der Waals surface area (Å²) in [5.41, 5.74) is 0.942. The zero-order valence-electron chi connectivity index (χ0n) is 60.8. The highest BCUT2D eigenvalue weighted by atomic mass is 16.4. The maximum atomic E-state index is 14.5. The molecule has 1 fully saturated rings. The van der Waals surface area contributed by atoms with Gasteiger partial charge in [-0.15, -0.1) is 0 Å². The first-order chi connectivity index (χ1) is 52.6. The van der Waals surface area contributed by atoms with Crippen LogP contribution < -0.4 is 47.9 Å². The van der Waals surface area contributed by atoms with E-state index in [1.54, 1.807) is 24.3 Å². The molecular weight excluding hydrogens is 1470 g/mol. The lowest BCUT2D eigenvalue weighted by Gasteiger charge is -2.35. The molecule has 4 rings (SSSR count). The number of aromatic hydroxyl groups is 1. The van der Waals surface area contributed by atoms with Crippen LogP contribution >= 0.6 is 0 Å². The molecule has 0 radical (unpaired) electrons. The van der Waals surface area contributed by atoms with E-state index in [2.05, 4.69) is 37.2 Å². The van der Waals surface area contributed by atoms with Crippen LogP contribution in [-0.2, 0) is 89.6 Å². The van der Waals surface area contributed by atoms with Crippen molar-refractivity contribution in [3.63, 3.8) is 0 Å². The van der Waals surface area contributed by atoms with Gasteiger partial charge >= 0.3 is 59.8 Å². The van der Waals surface area contributed by atoms with E-state index in [0.29, 0.717) is 11.1 Å². The predicted octanol–water partition coefficient (Wildman–Crippen LogP) is -2.37. The largest absolute Gasteiger partial charge is 0.508 e. The number of phenols is 1. The molecule has 40 heteroatoms. The fraction of sp³-hybridized carbons (Fsp3) is 0.507. The minimum Gasteiger partial charge on any atom is -0.508 e. The molecule has 1 saturated heterocycles. The molecule has 608 valence electrons. The van der Waals surface area contributed by atoms with E-state index in [1.807, 2.05) is 28.8 Å². The number of allylic oxidation sites excluding steroid dienone is 1. The quantitative estimate of drug-likeness (QED) is 0.0208. The Bertz CT molecular complexity index is 3740. The number of carboxylic acids is 9. The Balaban J connectivity index is 1.32. The number of amides is 9. The van der Waals surface area contributed by atoms with Gasteiger partial charge in [0.15, 0.2) is 0 Å². The van der Waals surface area contributed by atoms with E-state index in [4.69, 9.17) is 5.11 Å². The zero-order valence-corrected chi connectivity index (χ0v) is 60.8. The molecule has 7 atom stereocenters. The van der Waals surface area contributed by atoms with Crippen molar-refractivity contribution in [1.82, 2.24) is 67.5 Å². The topological polar surface area (TPSA) is 614 Å². The minimum absolute atomic E-state index is 0.0124. The second kappa shape index (κ2) is 48.5. The van der Waals surface area contributed by atoms with Crippen molar-refractivity contribution in [2.24, 2.45) is 0 Å². The van der Waals surface area contributed by atoms with Crippen molar-refractivity contribution in [2.75, 3.05) is 91.6 Å². The highest BCUT2D eigenvalue weighted by Gasteiger charge is 2.33. The van der Waals surface area contributed by atoms with Crippen LogP contribution in [0.15, 0.2) is 78.9 Å². The Morgan fingerprint density at radius 2 is 0.847 bits per heavy atom. The molecular formula is C71H97N13O27. The summed E-state index contributed by atoms with van der Waals surface area (Å²) in [6, 6.07) is 5.94. The number of nitrogens with zero attached hydrogens (tertiary/aromatic N) is 4. The molecule has 1 aliphatic heterocycles. The van der Waals surface area contributed by atoms with Crippen molar-refractivity contribution in [2.45, 2.75) is 139 Å². The highest BCUT2D eigenvalue weighted by molar-refractivity contribution is 5.95. The average Bonchev–Trinajstić information content (AvgIpc) is 0.844. The molecule has 3 aromatic rings. The minimum atomic E-state index is -1.73. The van der Waals surface area contributed by atoms with E-state index in [-0.39, 0.29) is 135 Å². The number of hydrogen-bond acceptors (Lipinski definition) is 22. The Kier molecular flexibility index (Phi) is 40.0. The summed E-state index contributed by atoms with van der Waals surface area (Å²) < 4.78 is 0. The van der Waals surface area contributed by atoms with Gasteiger partial charge < -0.3 is 98.9 Å². The zero-order chi connectivity index (χ0) is 82.1. The lowest BCUT2D eigenvalue weighted by Crippen LogP contribution is -2.57. The van der Waals surface area contributed by atoms with E-state index in [0.717, 1.165) is 16.8 Å². The number of nitrogens with one attached hydrogen (secondary N) is 9. The number of phenolic OH excluding ortho intramolecular Hbond substituents is 1. The summed E-state index contributed by atoms with van der Waals surface area (Å²) in [6.07, 6.45) is -0.795. The fourth-order valence-corrected chi connectivity index (χ4v) is 11.5. The number of benzene rings is 3. The highest BCUT2D eigenvalue weighted by Crippen LogP contribution is 2.19. The van der Waals surface area contributed by atoms with Gasteiger partial charge in [0.25, 0.3) is 0 Å². The molecule has 0 bridgehead atoms. The molecule has 1 unspecified atom stereocenters. The van der Waals surface area contributed by atoms with E-state index in [1.165, 1.54) is 49.9 Å². The lowest BCUT2D eigenvalue weighted by atomic mass is 9.99. The number of fused-ring (bicyclic) bond motifs is 1. The summed E-state index contributed by atoms with van der Waals surface area (Å²) in [5, 5.41) is 120. The molecule has 40 nitrogen and oxygen atoms in total. The summed E-state index contributed by atoms with van der Waals surface area (Å²) in [5.74, 6) is -18.0. The molecule has 0 aromatic heterocycles. The smallest absolute Gasteiger partial charge is 0.330 e. The first kappa shape index (κ1) is 91.5. The molecule has 0 aliphatic carbocycles. The molecule has 3 aromatic carbocycles. The van der Waals surface area contributed by atoms with Crippen LogP contribution in [0.2, 0.25) is 0 Å². The third-order valence-electron chi connectivity index (χ3n) is 17.4. The number of hydrogen-bond donors (Lipinski definition) is 19. The summed E-state index contributed by atoms with van der Waals surface area (Å²) in [7, 11) is 0. The first-order valence-corrected chi connectivity index (χ1v) is 35.6. The van der Waals surface area contributed by atoms with Crippen molar-refractivity contribution in [1.29, 1.82) is 0 Å². The van der Waals surface area contributed by atoms with Gasteiger partial charge in [0.05, 0.1) is 26.2 Å². The van der Waals surface area contributed by atoms with E-state index >= 15 is 0 Å². The van der Waals surface area contributed by atoms with Gasteiger partial charge in [-0.1, -0.05) is 66.7 Å². The predicted molar refractivity (Wildman–Crippen MR) is 388 cm³/mol. The van der Waals surface area contributed by atoms with Gasteiger partial charge in [-0.2, -0.15) is 0 Å². The number of aliphatic carboxylic acids is 9. The SMILES string of the molecule is O=C(O)CC[C@H](NC(=O)N[C@@H](CCC(=O)N[C@@H](C=CCCCNC(=O)CCC(=O)NCCCC[C@@H](NC(=O)[C@@H](Cc1ccc2ccccc2c1)NC(=O)[C@@H](Cc1ccc(O)cc1)NC(=O)CNC(=O)CCC(C(=O)O)N1CCN(CC(=O)O)CCN(CC(=O)O)CCN(CC(=O)O)CC1)C(=O)O)C(=O)O)C(=O)O)C(=O)O. The van der Waals surface area contributed by atoms with Crippen molar-refractivity contribution >= 4 is 112 Å². The Hall–Kier alpha value is -11.9. The van der Waals surface area contributed by atoms with Crippen LogP contribution in [0.25, 0.3) is 10.8 Å². The lowest BCUT2D eigenvalue weighted by molar-refractivity contribution is -0.145. The van der Waals surface area contributed by atoms with Crippen LogP contribution in [0.3, 0.4) is 0 Å². The standard InChI is InChI=1S/C71H97N13O27/c85-47-16-13-43(14-17-47)37-52(76-59(90)39-74-57(88)22-20-54(70(109)110)84-34-32-82(41-62(95)96)30-28-81(40-61(93)94)29-31-83(33-35-84)42-63(97)98)64(99)78-53(38-44-12-15-45-8-3-4-9-46(45)36-44)65(100)77-49(67(103)104)11-5-7-27-73-56(87)24-23-55(86)72-26-6-1-2-10-48(66(101)102)75-58(89)21-18-50(68(105)106)79-71(111)80-51(69(107)108)19-25-60(91)92/h2-4,8-10,12-17,36,48-54,85H,1,5-7,11,18-35,37-42H2,(H,72,86)(H,73,87)(H,74,88)(H,75,89)(H,76,90)(H,77,100)(H,78,99)(H,91,92)(H,93,94)(H,95,96)(H,97,98)(H,101,102)(H,103,104)(H,105,106)(H,107,108)(H,109,110)(H2,79,80,111)/t48-,49+,50-,51-,52+,53+,54?/m0/s1. The monoisotopic (exact) mass is 1560 g/mol. The molecule has 0 spiro atoms. The number of carbonyl (C=O) groups excluding carboxylic acids is 8. The normalized spacial score (nSPS) is 15.1. The second-order valence-corrected chi connectivity index (χ2v) is 26.1. The molecule has 19 N–H and O–H groups in total. The first-order valence-electron chi connectivity index (χ1n) is 35.6. The van der Waals surface area contributed by atoms with Gasteiger partial charge in [0.1, 0.15) is 48.0 Å². The van der Waals surface area contributed by atoms with Crippen LogP contribution in [0.1, 0.15) is 94.6 Å². The van der Waals surface area contributed by atoms with Gasteiger partial charge in [-0.25, -0.2) is 24.0 Å². The van der Waals surface area contributed by atoms with Gasteiger partial charge in [-0.05, 0) is 85.4 Å². The Morgan fingerprint density at radius 3 is 1.36 bits per heavy atom. The summed E-state index contributed by atoms with van der Waals surface area (Å²) >= 11 is 0. The maximum absolute atomic E-state index is 14.5. The van der Waals surface area contributed by atoms with Crippen molar-refractivity contribution < 1.29 is 133 Å². The fourth-order valence-electron chi connectivity index (χ4n) is 11.5. The van der Waals surface area contributed by atoms with E-state index in [9.17, 15) is 127 Å². The molecule has 9 amide bonds. The van der Waals surface area contributed by atoms with Gasteiger partial charge in [0, 0.05) is 110 Å². The third kappa shape index (κ3) is 37.2. The molecule has 1 heterocycles. The number of rotatable bonds is 48. The van der Waals surface area contributed by atoms with Crippen LogP contribution in [0.4, 0.5) is 4.79 Å². The molecule has 0 saturated carbocycles. The number of carbonyl (C=O) groups is 17. The molecule has 1 aliphatic rings. The van der Waals surface area contributed by atoms with Crippen LogP contribution in [0, 0.1) is 0 Å². The van der Waals surface area contributed by atoms with Crippen LogP contribution in [-0.4, -0.2) is 306 Å².